The monoisotopic (exact) mass is 319 g/mol. The van der Waals surface area contributed by atoms with E-state index in [2.05, 4.69) is 18.8 Å². The average Bonchev–Trinajstić information content (AvgIpc) is 2.91. The number of hydrogen-bond acceptors (Lipinski definition) is 5. The van der Waals surface area contributed by atoms with Gasteiger partial charge in [-0.3, -0.25) is 0 Å². The molecule has 0 unspecified atom stereocenters. The van der Waals surface area contributed by atoms with Crippen molar-refractivity contribution in [2.24, 2.45) is 5.92 Å². The van der Waals surface area contributed by atoms with E-state index in [9.17, 15) is 4.79 Å². The molecule has 2 rings (SSSR count). The third-order valence-corrected chi connectivity index (χ3v) is 4.20. The van der Waals surface area contributed by atoms with E-state index in [-0.39, 0.29) is 5.97 Å². The molecule has 0 saturated heterocycles. The second-order valence-electron chi connectivity index (χ2n) is 5.34. The number of carbonyl (C=O) groups is 1. The van der Waals surface area contributed by atoms with E-state index in [1.807, 2.05) is 24.3 Å². The van der Waals surface area contributed by atoms with Crippen molar-refractivity contribution in [1.82, 2.24) is 4.98 Å². The Bertz CT molecular complexity index is 649. The minimum atomic E-state index is -0.344. The van der Waals surface area contributed by atoms with Crippen molar-refractivity contribution in [2.75, 3.05) is 13.7 Å². The van der Waals surface area contributed by atoms with Crippen LogP contribution in [0, 0.1) is 5.92 Å². The number of rotatable bonds is 6. The van der Waals surface area contributed by atoms with Crippen molar-refractivity contribution >= 4 is 17.3 Å². The van der Waals surface area contributed by atoms with E-state index in [1.165, 1.54) is 0 Å². The van der Waals surface area contributed by atoms with Gasteiger partial charge in [-0.05, 0) is 31.4 Å². The van der Waals surface area contributed by atoms with E-state index < -0.39 is 0 Å². The van der Waals surface area contributed by atoms with Crippen LogP contribution >= 0.6 is 11.3 Å². The molecule has 0 radical (unpaired) electrons. The fourth-order valence-electron chi connectivity index (χ4n) is 2.10. The smallest absolute Gasteiger partial charge is 0.358 e. The summed E-state index contributed by atoms with van der Waals surface area (Å²) >= 11 is 1.55. The maximum atomic E-state index is 12.1. The first-order chi connectivity index (χ1) is 10.5. The van der Waals surface area contributed by atoms with Crippen LogP contribution in [-0.4, -0.2) is 24.7 Å². The van der Waals surface area contributed by atoms with E-state index in [1.54, 1.807) is 25.4 Å². The van der Waals surface area contributed by atoms with Crippen LogP contribution in [0.1, 0.15) is 36.1 Å². The molecular formula is C17H21NO3S. The van der Waals surface area contributed by atoms with Crippen molar-refractivity contribution in [1.29, 1.82) is 0 Å². The Morgan fingerprint density at radius 2 is 2.14 bits per heavy atom. The van der Waals surface area contributed by atoms with E-state index in [0.717, 1.165) is 27.6 Å². The number of benzene rings is 1. The van der Waals surface area contributed by atoms with E-state index >= 15 is 0 Å². The first kappa shape index (κ1) is 16.5. The van der Waals surface area contributed by atoms with Crippen LogP contribution < -0.4 is 4.74 Å². The highest BCUT2D eigenvalue weighted by atomic mass is 32.1. The zero-order chi connectivity index (χ0) is 16.1. The van der Waals surface area contributed by atoms with Crippen molar-refractivity contribution in [3.05, 3.63) is 34.8 Å². The SMILES string of the molecule is CCOC(=O)c1nc(-c2cccc(OC)c2)sc1CC(C)C. The minimum absolute atomic E-state index is 0.344. The van der Waals surface area contributed by atoms with Gasteiger partial charge in [0, 0.05) is 10.4 Å². The fraction of sp³-hybridized carbons (Fsp3) is 0.412. The topological polar surface area (TPSA) is 48.4 Å². The summed E-state index contributed by atoms with van der Waals surface area (Å²) in [6.45, 7) is 6.40. The maximum absolute atomic E-state index is 12.1. The molecule has 22 heavy (non-hydrogen) atoms. The Hall–Kier alpha value is -1.88. The van der Waals surface area contributed by atoms with Crippen LogP contribution in [0.25, 0.3) is 10.6 Å². The Morgan fingerprint density at radius 1 is 1.36 bits per heavy atom. The largest absolute Gasteiger partial charge is 0.497 e. The zero-order valence-corrected chi connectivity index (χ0v) is 14.2. The summed E-state index contributed by atoms with van der Waals surface area (Å²) in [5, 5.41) is 0.817. The van der Waals surface area contributed by atoms with Gasteiger partial charge in [0.2, 0.25) is 0 Å². The summed E-state index contributed by atoms with van der Waals surface area (Å²) in [4.78, 5) is 17.6. The summed E-state index contributed by atoms with van der Waals surface area (Å²) < 4.78 is 10.4. The van der Waals surface area contributed by atoms with Crippen molar-refractivity contribution in [2.45, 2.75) is 27.2 Å². The van der Waals surface area contributed by atoms with Crippen molar-refractivity contribution in [3.8, 4) is 16.3 Å². The first-order valence-electron chi connectivity index (χ1n) is 7.36. The van der Waals surface area contributed by atoms with Gasteiger partial charge >= 0.3 is 5.97 Å². The maximum Gasteiger partial charge on any atom is 0.358 e. The third kappa shape index (κ3) is 3.85. The van der Waals surface area contributed by atoms with E-state index in [0.29, 0.717) is 18.2 Å². The molecule has 118 valence electrons. The molecule has 0 amide bonds. The van der Waals surface area contributed by atoms with Crippen molar-refractivity contribution < 1.29 is 14.3 Å². The lowest BCUT2D eigenvalue weighted by molar-refractivity contribution is 0.0519. The Kier molecular flexibility index (Phi) is 5.55. The lowest BCUT2D eigenvalue weighted by Crippen LogP contribution is -2.08. The normalized spacial score (nSPS) is 10.8. The average molecular weight is 319 g/mol. The number of aromatic nitrogens is 1. The van der Waals surface area contributed by atoms with Crippen LogP contribution in [0.5, 0.6) is 5.75 Å². The Morgan fingerprint density at radius 3 is 2.77 bits per heavy atom. The molecule has 1 aromatic heterocycles. The molecule has 0 fully saturated rings. The highest BCUT2D eigenvalue weighted by molar-refractivity contribution is 7.15. The lowest BCUT2D eigenvalue weighted by atomic mass is 10.1. The standard InChI is InChI=1S/C17H21NO3S/c1-5-21-17(19)15-14(9-11(2)3)22-16(18-15)12-7-6-8-13(10-12)20-4/h6-8,10-11H,5,9H2,1-4H3. The van der Waals surface area contributed by atoms with Crippen LogP contribution in [0.2, 0.25) is 0 Å². The quantitative estimate of drug-likeness (QED) is 0.749. The highest BCUT2D eigenvalue weighted by Gasteiger charge is 2.20. The molecule has 2 aromatic rings. The second-order valence-corrected chi connectivity index (χ2v) is 6.42. The van der Waals surface area contributed by atoms with Gasteiger partial charge in [0.05, 0.1) is 13.7 Å². The highest BCUT2D eigenvalue weighted by Crippen LogP contribution is 2.32. The van der Waals surface area contributed by atoms with Gasteiger partial charge in [0.15, 0.2) is 5.69 Å². The fourth-order valence-corrected chi connectivity index (χ4v) is 3.36. The number of thiazole rings is 1. The first-order valence-corrected chi connectivity index (χ1v) is 8.18. The number of methoxy groups -OCH3 is 1. The second kappa shape index (κ2) is 7.40. The van der Waals surface area contributed by atoms with Gasteiger partial charge in [-0.2, -0.15) is 0 Å². The lowest BCUT2D eigenvalue weighted by Gasteiger charge is -2.04. The van der Waals surface area contributed by atoms with Crippen molar-refractivity contribution in [3.63, 3.8) is 0 Å². The van der Waals surface area contributed by atoms with Gasteiger partial charge in [-0.25, -0.2) is 9.78 Å². The van der Waals surface area contributed by atoms with Gasteiger partial charge in [-0.15, -0.1) is 11.3 Å². The molecule has 0 saturated carbocycles. The molecule has 4 nitrogen and oxygen atoms in total. The van der Waals surface area contributed by atoms with Crippen LogP contribution in [0.4, 0.5) is 0 Å². The molecule has 0 atom stereocenters. The molecule has 1 heterocycles. The van der Waals surface area contributed by atoms with Gasteiger partial charge < -0.3 is 9.47 Å². The molecule has 0 aliphatic heterocycles. The van der Waals surface area contributed by atoms with Crippen LogP contribution in [-0.2, 0) is 11.2 Å². The molecule has 0 bridgehead atoms. The summed E-state index contributed by atoms with van der Waals surface area (Å²) in [7, 11) is 1.63. The number of ether oxygens (including phenoxy) is 2. The summed E-state index contributed by atoms with van der Waals surface area (Å²) in [6, 6.07) is 7.70. The molecule has 5 heteroatoms. The van der Waals surface area contributed by atoms with Gasteiger partial charge in [0.25, 0.3) is 0 Å². The summed E-state index contributed by atoms with van der Waals surface area (Å²) in [5.41, 5.74) is 1.39. The molecule has 1 aromatic carbocycles. The molecule has 0 spiro atoms. The molecule has 0 N–H and O–H groups in total. The number of esters is 1. The molecule has 0 aliphatic rings. The van der Waals surface area contributed by atoms with Crippen LogP contribution in [0.3, 0.4) is 0 Å². The minimum Gasteiger partial charge on any atom is -0.497 e. The van der Waals surface area contributed by atoms with Crippen LogP contribution in [0.15, 0.2) is 24.3 Å². The molecule has 0 aliphatic carbocycles. The Balaban J connectivity index is 2.41. The third-order valence-electron chi connectivity index (χ3n) is 3.08. The zero-order valence-electron chi connectivity index (χ0n) is 13.4. The number of carbonyl (C=O) groups excluding carboxylic acids is 1. The number of nitrogens with zero attached hydrogens (tertiary/aromatic N) is 1. The summed E-state index contributed by atoms with van der Waals surface area (Å²) in [6.07, 6.45) is 0.815. The predicted molar refractivity (Wildman–Crippen MR) is 88.6 cm³/mol. The van der Waals surface area contributed by atoms with Gasteiger partial charge in [-0.1, -0.05) is 26.0 Å². The summed E-state index contributed by atoms with van der Waals surface area (Å²) in [5.74, 6) is 0.881. The number of hydrogen-bond donors (Lipinski definition) is 0. The van der Waals surface area contributed by atoms with Gasteiger partial charge in [0.1, 0.15) is 10.8 Å². The van der Waals surface area contributed by atoms with E-state index in [4.69, 9.17) is 9.47 Å². The molecular weight excluding hydrogens is 298 g/mol. The predicted octanol–water partition coefficient (Wildman–Crippen LogP) is 4.19. The Labute approximate surface area is 135 Å².